The highest BCUT2D eigenvalue weighted by Crippen LogP contribution is 2.50. The molecule has 49 heavy (non-hydrogen) atoms. The molecular formula is C33H29F6N7O2S. The number of benzene rings is 2. The minimum Gasteiger partial charge on any atom is -0.461 e. The first-order valence-electron chi connectivity index (χ1n) is 15.5. The normalized spacial score (nSPS) is 21.4. The van der Waals surface area contributed by atoms with Crippen LogP contribution in [0.15, 0.2) is 30.9 Å². The molecule has 3 aliphatic heterocycles. The molecule has 2 atom stereocenters. The number of fused-ring (bicyclic) bond motifs is 3. The summed E-state index contributed by atoms with van der Waals surface area (Å²) in [4.78, 5) is 29.5. The summed E-state index contributed by atoms with van der Waals surface area (Å²) in [6.07, 6.45) is -3.27. The summed E-state index contributed by atoms with van der Waals surface area (Å²) in [5.41, 5.74) is 1.86. The molecule has 2 N–H and O–H groups in total. The lowest BCUT2D eigenvalue weighted by atomic mass is 9.93. The fourth-order valence-corrected chi connectivity index (χ4v) is 8.33. The number of halogens is 6. The monoisotopic (exact) mass is 701 g/mol. The van der Waals surface area contributed by atoms with Gasteiger partial charge in [-0.2, -0.15) is 23.1 Å². The van der Waals surface area contributed by atoms with Crippen molar-refractivity contribution in [2.24, 2.45) is 0 Å². The van der Waals surface area contributed by atoms with E-state index in [4.69, 9.17) is 17.0 Å². The Morgan fingerprint density at radius 2 is 1.96 bits per heavy atom. The van der Waals surface area contributed by atoms with Crippen LogP contribution in [0.25, 0.3) is 37.0 Å². The second-order valence-electron chi connectivity index (χ2n) is 12.4. The minimum atomic E-state index is -5.11. The zero-order valence-corrected chi connectivity index (χ0v) is 26.7. The Balaban J connectivity index is 1.43. The smallest absolute Gasteiger partial charge is 0.417 e. The van der Waals surface area contributed by atoms with Gasteiger partial charge in [-0.3, -0.25) is 9.69 Å². The SMILES string of the molecule is [C-]#[N+]c1c(N)sc2c(F)ccc(-c3c(C(F)(F)F)cc4c(N5CCN(C(=O)C=C)CC5)nc(OC[C@@]56CCCN5C[C@H](F)C6)nc4c3F)c12. The molecule has 2 aromatic carbocycles. The van der Waals surface area contributed by atoms with Crippen LogP contribution in [0.2, 0.25) is 0 Å². The van der Waals surface area contributed by atoms with Crippen molar-refractivity contribution in [2.45, 2.75) is 37.1 Å². The van der Waals surface area contributed by atoms with E-state index in [0.717, 1.165) is 30.7 Å². The Bertz CT molecular complexity index is 2060. The molecule has 3 fully saturated rings. The summed E-state index contributed by atoms with van der Waals surface area (Å²) in [6, 6.07) is 2.33. The van der Waals surface area contributed by atoms with Crippen molar-refractivity contribution in [3.63, 3.8) is 0 Å². The van der Waals surface area contributed by atoms with Crippen LogP contribution in [-0.2, 0) is 11.0 Å². The number of ether oxygens (including phenoxy) is 1. The summed E-state index contributed by atoms with van der Waals surface area (Å²) in [5, 5.41) is -0.621. The molecule has 0 radical (unpaired) electrons. The van der Waals surface area contributed by atoms with Crippen molar-refractivity contribution >= 4 is 54.7 Å². The predicted octanol–water partition coefficient (Wildman–Crippen LogP) is 6.73. The summed E-state index contributed by atoms with van der Waals surface area (Å²) in [5.74, 6) is -2.55. The topological polar surface area (TPSA) is 92.2 Å². The first-order valence-corrected chi connectivity index (χ1v) is 16.3. The van der Waals surface area contributed by atoms with Crippen LogP contribution in [0, 0.1) is 18.2 Å². The molecule has 0 unspecified atom stereocenters. The van der Waals surface area contributed by atoms with E-state index in [1.165, 1.54) is 4.90 Å². The average molecular weight is 702 g/mol. The van der Waals surface area contributed by atoms with E-state index in [-0.39, 0.29) is 95.2 Å². The van der Waals surface area contributed by atoms with Crippen molar-refractivity contribution in [2.75, 3.05) is 56.5 Å². The molecule has 2 aromatic heterocycles. The molecule has 5 heterocycles. The summed E-state index contributed by atoms with van der Waals surface area (Å²) >= 11 is 0.683. The first kappa shape index (κ1) is 32.9. The average Bonchev–Trinajstić information content (AvgIpc) is 3.72. The highest BCUT2D eigenvalue weighted by molar-refractivity contribution is 7.23. The van der Waals surface area contributed by atoms with Gasteiger partial charge in [-0.05, 0) is 43.2 Å². The Kier molecular flexibility index (Phi) is 8.10. The standard InChI is InChI=1S/C33H29F6N7O2S/c1-3-22(47)44-9-11-45(12-10-44)30-19-13-20(33(37,38)39)23(18-5-6-21(35)28-24(18)27(41-2)29(40)49-28)25(36)26(19)42-31(43-30)48-16-32-7-4-8-46(32)15-17(34)14-32/h3,5-6,13,17H,1,4,7-12,14-16,40H2/t17-,32+/m1/s1. The van der Waals surface area contributed by atoms with Gasteiger partial charge in [0.1, 0.15) is 29.9 Å². The zero-order valence-electron chi connectivity index (χ0n) is 25.9. The van der Waals surface area contributed by atoms with Crippen LogP contribution in [0.4, 0.5) is 42.8 Å². The summed E-state index contributed by atoms with van der Waals surface area (Å²) < 4.78 is 96.9. The van der Waals surface area contributed by atoms with Gasteiger partial charge in [0.2, 0.25) is 11.6 Å². The Hall–Kier alpha value is -4.62. The number of rotatable bonds is 6. The number of amides is 1. The summed E-state index contributed by atoms with van der Waals surface area (Å²) in [6.45, 7) is 12.7. The molecule has 0 saturated carbocycles. The van der Waals surface area contributed by atoms with Crippen LogP contribution in [0.5, 0.6) is 6.01 Å². The van der Waals surface area contributed by atoms with Gasteiger partial charge in [-0.25, -0.2) is 18.0 Å². The third-order valence-electron chi connectivity index (χ3n) is 9.67. The van der Waals surface area contributed by atoms with Gasteiger partial charge in [0.25, 0.3) is 0 Å². The number of anilines is 2. The van der Waals surface area contributed by atoms with E-state index in [1.54, 1.807) is 4.90 Å². The third kappa shape index (κ3) is 5.48. The van der Waals surface area contributed by atoms with Crippen LogP contribution in [-0.4, -0.2) is 83.3 Å². The lowest BCUT2D eigenvalue weighted by molar-refractivity contribution is -0.137. The van der Waals surface area contributed by atoms with Crippen LogP contribution < -0.4 is 15.4 Å². The van der Waals surface area contributed by atoms with E-state index in [0.29, 0.717) is 24.3 Å². The molecule has 0 bridgehead atoms. The van der Waals surface area contributed by atoms with Gasteiger partial charge in [-0.15, -0.1) is 11.3 Å². The van der Waals surface area contributed by atoms with Crippen LogP contribution in [0.3, 0.4) is 0 Å². The molecule has 9 nitrogen and oxygen atoms in total. The molecule has 4 aromatic rings. The number of carbonyl (C=O) groups is 1. The van der Waals surface area contributed by atoms with Crippen LogP contribution >= 0.6 is 11.3 Å². The lowest BCUT2D eigenvalue weighted by Gasteiger charge is -2.35. The third-order valence-corrected chi connectivity index (χ3v) is 10.7. The molecular weight excluding hydrogens is 672 g/mol. The Morgan fingerprint density at radius 3 is 2.65 bits per heavy atom. The van der Waals surface area contributed by atoms with Gasteiger partial charge in [0.05, 0.1) is 27.4 Å². The van der Waals surface area contributed by atoms with Crippen molar-refractivity contribution in [1.82, 2.24) is 19.8 Å². The van der Waals surface area contributed by atoms with E-state index in [2.05, 4.69) is 21.4 Å². The number of nitrogens with two attached hydrogens (primary N) is 1. The quantitative estimate of drug-likeness (QED) is 0.135. The van der Waals surface area contributed by atoms with Gasteiger partial charge < -0.3 is 20.3 Å². The number of nitrogen functional groups attached to an aromatic ring is 1. The molecule has 0 spiro atoms. The molecule has 16 heteroatoms. The van der Waals surface area contributed by atoms with E-state index >= 15 is 4.39 Å². The van der Waals surface area contributed by atoms with Crippen LogP contribution in [0.1, 0.15) is 24.8 Å². The first-order chi connectivity index (χ1) is 23.3. The van der Waals surface area contributed by atoms with Crippen molar-refractivity contribution in [3.05, 3.63) is 59.5 Å². The summed E-state index contributed by atoms with van der Waals surface area (Å²) in [7, 11) is 0. The second kappa shape index (κ2) is 12.1. The molecule has 7 rings (SSSR count). The zero-order chi connectivity index (χ0) is 34.8. The second-order valence-corrected chi connectivity index (χ2v) is 13.5. The molecule has 3 saturated heterocycles. The maximum Gasteiger partial charge on any atom is 0.417 e. The van der Waals surface area contributed by atoms with Crippen molar-refractivity contribution in [1.29, 1.82) is 0 Å². The number of hydrogen-bond donors (Lipinski definition) is 1. The largest absolute Gasteiger partial charge is 0.461 e. The number of thiophene rings is 1. The Morgan fingerprint density at radius 1 is 1.20 bits per heavy atom. The minimum absolute atomic E-state index is 0.0176. The van der Waals surface area contributed by atoms with Crippen molar-refractivity contribution < 1.29 is 35.9 Å². The van der Waals surface area contributed by atoms with E-state index < -0.39 is 46.2 Å². The number of nitrogens with zero attached hydrogens (tertiary/aromatic N) is 6. The lowest BCUT2D eigenvalue weighted by Crippen LogP contribution is -2.48. The fraction of sp³-hybridized carbons (Fsp3) is 0.394. The maximum absolute atomic E-state index is 17.0. The van der Waals surface area contributed by atoms with Gasteiger partial charge in [0.15, 0.2) is 5.82 Å². The number of alkyl halides is 4. The number of hydrogen-bond acceptors (Lipinski definition) is 8. The highest BCUT2D eigenvalue weighted by Gasteiger charge is 2.49. The van der Waals surface area contributed by atoms with Gasteiger partial charge in [0, 0.05) is 55.5 Å². The molecule has 3 aliphatic rings. The highest BCUT2D eigenvalue weighted by atomic mass is 32.1. The number of carbonyl (C=O) groups excluding carboxylic acids is 1. The van der Waals surface area contributed by atoms with E-state index in [1.807, 2.05) is 4.90 Å². The Labute approximate surface area is 280 Å². The molecule has 1 amide bonds. The van der Waals surface area contributed by atoms with Crippen molar-refractivity contribution in [3.8, 4) is 17.1 Å². The number of piperazine rings is 1. The molecule has 256 valence electrons. The predicted molar refractivity (Wildman–Crippen MR) is 173 cm³/mol. The fourth-order valence-electron chi connectivity index (χ4n) is 7.39. The maximum atomic E-state index is 17.0. The van der Waals surface area contributed by atoms with E-state index in [9.17, 15) is 26.7 Å². The number of aromatic nitrogens is 2. The van der Waals surface area contributed by atoms with Gasteiger partial charge in [-0.1, -0.05) is 12.6 Å². The van der Waals surface area contributed by atoms with Gasteiger partial charge >= 0.3 is 12.2 Å². The molecule has 0 aliphatic carbocycles.